The van der Waals surface area contributed by atoms with Crippen LogP contribution in [0.5, 0.6) is 0 Å². The number of amides is 2. The predicted octanol–water partition coefficient (Wildman–Crippen LogP) is 2.87. The summed E-state index contributed by atoms with van der Waals surface area (Å²) in [4.78, 5) is 22.8. The summed E-state index contributed by atoms with van der Waals surface area (Å²) in [7, 11) is 0. The lowest BCUT2D eigenvalue weighted by atomic mass is 10.2. The molecule has 1 heterocycles. The van der Waals surface area contributed by atoms with Gasteiger partial charge in [0, 0.05) is 15.2 Å². The Labute approximate surface area is 116 Å². The van der Waals surface area contributed by atoms with Gasteiger partial charge in [0.05, 0.1) is 5.69 Å². The van der Waals surface area contributed by atoms with E-state index >= 15 is 0 Å². The third kappa shape index (κ3) is 3.14. The van der Waals surface area contributed by atoms with Crippen LogP contribution in [0.3, 0.4) is 0 Å². The zero-order chi connectivity index (χ0) is 12.4. The second-order valence-corrected chi connectivity index (χ2v) is 5.69. The number of thioether (sulfide) groups is 1. The lowest BCUT2D eigenvalue weighted by molar-refractivity contribution is -0.117. The van der Waals surface area contributed by atoms with Crippen molar-refractivity contribution in [2.75, 3.05) is 11.1 Å². The summed E-state index contributed by atoms with van der Waals surface area (Å²) < 4.78 is 0.704. The average molecular weight is 336 g/mol. The maximum Gasteiger partial charge on any atom is 0.279 e. The van der Waals surface area contributed by atoms with Crippen LogP contribution in [0.4, 0.5) is 10.5 Å². The molecule has 1 saturated heterocycles. The highest BCUT2D eigenvalue weighted by Gasteiger charge is 2.28. The largest absolute Gasteiger partial charge is 0.334 e. The van der Waals surface area contributed by atoms with Crippen molar-refractivity contribution < 1.29 is 9.59 Å². The first-order valence-corrected chi connectivity index (χ1v) is 6.91. The molecule has 0 spiro atoms. The summed E-state index contributed by atoms with van der Waals surface area (Å²) in [5.74, 6) is 0.224. The van der Waals surface area contributed by atoms with Crippen LogP contribution in [0.25, 0.3) is 0 Å². The number of rotatable bonds is 2. The van der Waals surface area contributed by atoms with Crippen molar-refractivity contribution in [3.8, 4) is 0 Å². The minimum absolute atomic E-state index is 0.166. The van der Waals surface area contributed by atoms with E-state index in [9.17, 15) is 9.59 Å². The number of hydrogen-bond donors (Lipinski definition) is 2. The summed E-state index contributed by atoms with van der Waals surface area (Å²) in [5, 5.41) is 5.72. The van der Waals surface area contributed by atoms with Crippen LogP contribution in [0.2, 0.25) is 5.02 Å². The van der Waals surface area contributed by atoms with E-state index in [1.165, 1.54) is 0 Å². The molecule has 1 unspecified atom stereocenters. The van der Waals surface area contributed by atoms with Gasteiger partial charge < -0.3 is 10.6 Å². The van der Waals surface area contributed by atoms with Gasteiger partial charge in [-0.05, 0) is 34.1 Å². The molecule has 1 aliphatic rings. The van der Waals surface area contributed by atoms with Crippen LogP contribution in [-0.2, 0) is 4.79 Å². The second kappa shape index (κ2) is 5.29. The molecule has 2 N–H and O–H groups in total. The predicted molar refractivity (Wildman–Crippen MR) is 72.6 cm³/mol. The average Bonchev–Trinajstić information content (AvgIpc) is 2.69. The molecule has 2 amide bonds. The molecule has 0 radical (unpaired) electrons. The Morgan fingerprint density at radius 1 is 1.59 bits per heavy atom. The third-order valence-corrected chi connectivity index (χ3v) is 3.95. The van der Waals surface area contributed by atoms with E-state index in [0.29, 0.717) is 20.9 Å². The third-order valence-electron chi connectivity index (χ3n) is 2.18. The summed E-state index contributed by atoms with van der Waals surface area (Å²) >= 11 is 10.2. The van der Waals surface area contributed by atoms with Gasteiger partial charge in [-0.25, -0.2) is 0 Å². The Bertz CT molecular complexity index is 483. The van der Waals surface area contributed by atoms with Crippen molar-refractivity contribution in [3.63, 3.8) is 0 Å². The van der Waals surface area contributed by atoms with Gasteiger partial charge in [0.2, 0.25) is 5.91 Å². The van der Waals surface area contributed by atoms with Gasteiger partial charge >= 0.3 is 0 Å². The molecule has 0 saturated carbocycles. The summed E-state index contributed by atoms with van der Waals surface area (Å²) in [6.07, 6.45) is 0. The molecule has 1 fully saturated rings. The van der Waals surface area contributed by atoms with Crippen LogP contribution >= 0.6 is 39.3 Å². The van der Waals surface area contributed by atoms with E-state index in [1.807, 2.05) is 0 Å². The monoisotopic (exact) mass is 334 g/mol. The Balaban J connectivity index is 2.05. The highest BCUT2D eigenvalue weighted by molar-refractivity contribution is 9.10. The zero-order valence-electron chi connectivity index (χ0n) is 8.50. The van der Waals surface area contributed by atoms with E-state index in [4.69, 9.17) is 11.6 Å². The second-order valence-electron chi connectivity index (χ2n) is 3.41. The van der Waals surface area contributed by atoms with E-state index in [1.54, 1.807) is 18.2 Å². The first-order valence-electron chi connectivity index (χ1n) is 4.75. The molecule has 0 aliphatic carbocycles. The van der Waals surface area contributed by atoms with Gasteiger partial charge in [-0.2, -0.15) is 0 Å². The smallest absolute Gasteiger partial charge is 0.279 e. The van der Waals surface area contributed by atoms with Crippen molar-refractivity contribution in [1.82, 2.24) is 5.32 Å². The van der Waals surface area contributed by atoms with Crippen molar-refractivity contribution in [2.45, 2.75) is 6.04 Å². The Morgan fingerprint density at radius 3 is 2.94 bits per heavy atom. The molecule has 7 heteroatoms. The zero-order valence-corrected chi connectivity index (χ0v) is 11.7. The van der Waals surface area contributed by atoms with Crippen LogP contribution < -0.4 is 10.6 Å². The maximum absolute atomic E-state index is 11.8. The molecule has 0 bridgehead atoms. The highest BCUT2D eigenvalue weighted by Crippen LogP contribution is 2.26. The van der Waals surface area contributed by atoms with Crippen LogP contribution in [0, 0.1) is 0 Å². The first-order chi connectivity index (χ1) is 8.06. The standard InChI is InChI=1S/C10H8BrClN2O2S/c11-6-3-5(12)1-2-7(6)13-9(15)8-4-17-10(16)14-8/h1-3,8H,4H2,(H,13,15)(H,14,16). The quantitative estimate of drug-likeness (QED) is 0.874. The molecular weight excluding hydrogens is 328 g/mol. The van der Waals surface area contributed by atoms with Gasteiger partial charge in [-0.3, -0.25) is 9.59 Å². The van der Waals surface area contributed by atoms with Crippen molar-refractivity contribution >= 4 is 56.1 Å². The Kier molecular flexibility index (Phi) is 3.96. The molecule has 2 rings (SSSR count). The lowest BCUT2D eigenvalue weighted by Gasteiger charge is -2.11. The van der Waals surface area contributed by atoms with Gasteiger partial charge in [0.15, 0.2) is 0 Å². The normalized spacial score (nSPS) is 18.9. The molecule has 1 atom stereocenters. The number of carbonyl (C=O) groups is 2. The number of anilines is 1. The molecule has 1 aromatic rings. The Morgan fingerprint density at radius 2 is 2.35 bits per heavy atom. The minimum Gasteiger partial charge on any atom is -0.334 e. The minimum atomic E-state index is -0.477. The molecule has 1 aliphatic heterocycles. The van der Waals surface area contributed by atoms with Gasteiger partial charge in [-0.1, -0.05) is 23.4 Å². The lowest BCUT2D eigenvalue weighted by Crippen LogP contribution is -2.38. The Hall–Kier alpha value is -0.720. The summed E-state index contributed by atoms with van der Waals surface area (Å²) in [6, 6.07) is 4.60. The van der Waals surface area contributed by atoms with Gasteiger partial charge in [0.25, 0.3) is 5.24 Å². The van der Waals surface area contributed by atoms with Crippen molar-refractivity contribution in [3.05, 3.63) is 27.7 Å². The van der Waals surface area contributed by atoms with Crippen LogP contribution in [-0.4, -0.2) is 22.9 Å². The first kappa shape index (κ1) is 12.7. The molecule has 90 valence electrons. The van der Waals surface area contributed by atoms with E-state index in [0.717, 1.165) is 11.8 Å². The fourth-order valence-corrected chi connectivity index (χ4v) is 2.90. The fraction of sp³-hybridized carbons (Fsp3) is 0.200. The summed E-state index contributed by atoms with van der Waals surface area (Å²) in [5.41, 5.74) is 0.630. The van der Waals surface area contributed by atoms with Crippen LogP contribution in [0.1, 0.15) is 0 Å². The van der Waals surface area contributed by atoms with E-state index < -0.39 is 6.04 Å². The maximum atomic E-state index is 11.8. The van der Waals surface area contributed by atoms with Crippen molar-refractivity contribution in [1.29, 1.82) is 0 Å². The molecule has 17 heavy (non-hydrogen) atoms. The van der Waals surface area contributed by atoms with Crippen molar-refractivity contribution in [2.24, 2.45) is 0 Å². The number of nitrogens with one attached hydrogen (secondary N) is 2. The number of hydrogen-bond acceptors (Lipinski definition) is 3. The molecular formula is C10H8BrClN2O2S. The highest BCUT2D eigenvalue weighted by atomic mass is 79.9. The van der Waals surface area contributed by atoms with Crippen LogP contribution in [0.15, 0.2) is 22.7 Å². The van der Waals surface area contributed by atoms with Gasteiger partial charge in [0.1, 0.15) is 6.04 Å². The van der Waals surface area contributed by atoms with Gasteiger partial charge in [-0.15, -0.1) is 0 Å². The number of carbonyl (C=O) groups excluding carboxylic acids is 2. The fourth-order valence-electron chi connectivity index (χ4n) is 1.34. The molecule has 1 aromatic carbocycles. The van der Waals surface area contributed by atoms with E-state index in [-0.39, 0.29) is 11.1 Å². The topological polar surface area (TPSA) is 58.2 Å². The molecule has 0 aromatic heterocycles. The number of benzene rings is 1. The van der Waals surface area contributed by atoms with E-state index in [2.05, 4.69) is 26.6 Å². The number of halogens is 2. The summed E-state index contributed by atoms with van der Waals surface area (Å²) in [6.45, 7) is 0. The SMILES string of the molecule is O=C1NC(C(=O)Nc2ccc(Cl)cc2Br)CS1. The molecule has 4 nitrogen and oxygen atoms in total.